The summed E-state index contributed by atoms with van der Waals surface area (Å²) >= 11 is 5.62. The molecule has 0 unspecified atom stereocenters. The molecule has 4 heteroatoms. The summed E-state index contributed by atoms with van der Waals surface area (Å²) in [7, 11) is 0. The molecule has 0 aromatic heterocycles. The van der Waals surface area contributed by atoms with Crippen molar-refractivity contribution in [3.63, 3.8) is 0 Å². The first kappa shape index (κ1) is 21.9. The molecule has 1 aliphatic carbocycles. The van der Waals surface area contributed by atoms with Crippen LogP contribution >= 0.6 is 11.6 Å². The van der Waals surface area contributed by atoms with Gasteiger partial charge in [0.05, 0.1) is 0 Å². The lowest BCUT2D eigenvalue weighted by Gasteiger charge is -2.23. The van der Waals surface area contributed by atoms with Gasteiger partial charge in [0, 0.05) is 12.1 Å². The van der Waals surface area contributed by atoms with E-state index < -0.39 is 10.8 Å². The van der Waals surface area contributed by atoms with Crippen molar-refractivity contribution in [3.8, 4) is 5.75 Å². The van der Waals surface area contributed by atoms with Gasteiger partial charge in [0.15, 0.2) is 5.60 Å². The predicted octanol–water partition coefficient (Wildman–Crippen LogP) is 6.75. The molecule has 0 saturated heterocycles. The number of benzene rings is 3. The Kier molecular flexibility index (Phi) is 6.36. The highest BCUT2D eigenvalue weighted by molar-refractivity contribution is 6.65. The Balaban J connectivity index is 1.38. The van der Waals surface area contributed by atoms with Gasteiger partial charge >= 0.3 is 0 Å². The van der Waals surface area contributed by atoms with E-state index in [9.17, 15) is 4.79 Å². The summed E-state index contributed by atoms with van der Waals surface area (Å²) < 4.78 is 5.74. The first-order valence-corrected chi connectivity index (χ1v) is 11.4. The molecular weight excluding hydrogens is 406 g/mol. The zero-order chi connectivity index (χ0) is 22.0. The maximum atomic E-state index is 11.5. The molecule has 3 aromatic rings. The van der Waals surface area contributed by atoms with Crippen LogP contribution in [0.4, 0.5) is 0 Å². The minimum Gasteiger partial charge on any atom is -0.479 e. The Morgan fingerprint density at radius 3 is 2.48 bits per heavy atom. The van der Waals surface area contributed by atoms with Gasteiger partial charge in [0.25, 0.3) is 5.24 Å². The molecule has 31 heavy (non-hydrogen) atoms. The Morgan fingerprint density at radius 2 is 1.74 bits per heavy atom. The van der Waals surface area contributed by atoms with Crippen LogP contribution in [0.1, 0.15) is 63.1 Å². The monoisotopic (exact) mass is 435 g/mol. The third-order valence-electron chi connectivity index (χ3n) is 6.41. The van der Waals surface area contributed by atoms with Crippen molar-refractivity contribution in [2.24, 2.45) is 0 Å². The number of carbonyl (C=O) groups is 1. The molecule has 1 fully saturated rings. The zero-order valence-electron chi connectivity index (χ0n) is 18.4. The molecule has 1 N–H and O–H groups in total. The Hall–Kier alpha value is -2.36. The van der Waals surface area contributed by atoms with Crippen LogP contribution in [0.2, 0.25) is 0 Å². The molecule has 3 aromatic carbocycles. The summed E-state index contributed by atoms with van der Waals surface area (Å²) in [6.07, 6.45) is 3.47. The van der Waals surface area contributed by atoms with Crippen molar-refractivity contribution in [2.45, 2.75) is 63.6 Å². The summed E-state index contributed by atoms with van der Waals surface area (Å²) in [5.41, 5.74) is 1.66. The highest BCUT2D eigenvalue weighted by Gasteiger charge is 2.29. The largest absolute Gasteiger partial charge is 0.479 e. The normalized spacial score (nSPS) is 20.0. The van der Waals surface area contributed by atoms with Crippen molar-refractivity contribution in [1.82, 2.24) is 5.32 Å². The molecule has 0 heterocycles. The lowest BCUT2D eigenvalue weighted by Crippen LogP contribution is -2.34. The van der Waals surface area contributed by atoms with Crippen molar-refractivity contribution in [2.75, 3.05) is 0 Å². The first-order valence-electron chi connectivity index (χ1n) is 11.1. The first-order chi connectivity index (χ1) is 14.8. The minimum atomic E-state index is -1.02. The van der Waals surface area contributed by atoms with Crippen molar-refractivity contribution in [1.29, 1.82) is 0 Å². The second-order valence-corrected chi connectivity index (χ2v) is 9.46. The third-order valence-corrected chi connectivity index (χ3v) is 6.86. The lowest BCUT2D eigenvalue weighted by atomic mass is 9.96. The smallest absolute Gasteiger partial charge is 0.264 e. The number of hydrogen-bond donors (Lipinski definition) is 1. The van der Waals surface area contributed by atoms with Gasteiger partial charge < -0.3 is 10.1 Å². The maximum Gasteiger partial charge on any atom is 0.264 e. The lowest BCUT2D eigenvalue weighted by molar-refractivity contribution is -0.123. The second kappa shape index (κ2) is 9.02. The van der Waals surface area contributed by atoms with Gasteiger partial charge in [-0.3, -0.25) is 4.79 Å². The van der Waals surface area contributed by atoms with E-state index in [0.717, 1.165) is 6.42 Å². The summed E-state index contributed by atoms with van der Waals surface area (Å²) in [5.74, 6) is 1.20. The number of nitrogens with one attached hydrogen (secondary N) is 1. The highest BCUT2D eigenvalue weighted by atomic mass is 35.5. The summed E-state index contributed by atoms with van der Waals surface area (Å²) in [5, 5.41) is 5.98. The van der Waals surface area contributed by atoms with Gasteiger partial charge in [-0.15, -0.1) is 0 Å². The van der Waals surface area contributed by atoms with Gasteiger partial charge in [0.1, 0.15) is 5.75 Å². The molecule has 0 radical (unpaired) electrons. The van der Waals surface area contributed by atoms with Gasteiger partial charge in [0.2, 0.25) is 0 Å². The highest BCUT2D eigenvalue weighted by Crippen LogP contribution is 2.37. The van der Waals surface area contributed by atoms with Crippen LogP contribution in [0.25, 0.3) is 10.8 Å². The summed E-state index contributed by atoms with van der Waals surface area (Å²) in [4.78, 5) is 11.5. The predicted molar refractivity (Wildman–Crippen MR) is 128 cm³/mol. The fraction of sp³-hybridized carbons (Fsp3) is 0.370. The standard InChI is InChI=1S/C27H30ClNO2/c1-18(24-10-6-8-20-7-4-5-9-25(20)24)29-22-14-11-21(17-22)19-12-15-23(16-13-19)31-27(2,3)26(28)30/h4-10,12-13,15-16,18,21-22,29H,11,14,17H2,1-3H3/t18-,21-,22+/m1/s1. The molecular formula is C27H30ClNO2. The van der Waals surface area contributed by atoms with E-state index in [0.29, 0.717) is 23.8 Å². The van der Waals surface area contributed by atoms with E-state index in [2.05, 4.69) is 66.8 Å². The van der Waals surface area contributed by atoms with E-state index in [1.807, 2.05) is 12.1 Å². The zero-order valence-corrected chi connectivity index (χ0v) is 19.2. The number of carbonyl (C=O) groups excluding carboxylic acids is 1. The van der Waals surface area contributed by atoms with Crippen LogP contribution in [0, 0.1) is 0 Å². The number of fused-ring (bicyclic) bond motifs is 1. The van der Waals surface area contributed by atoms with Crippen LogP contribution in [-0.4, -0.2) is 16.9 Å². The van der Waals surface area contributed by atoms with E-state index in [1.165, 1.54) is 34.7 Å². The summed E-state index contributed by atoms with van der Waals surface area (Å²) in [6, 6.07) is 24.1. The fourth-order valence-electron chi connectivity index (χ4n) is 4.65. The molecule has 4 rings (SSSR count). The van der Waals surface area contributed by atoms with Crippen molar-refractivity contribution in [3.05, 3.63) is 77.9 Å². The number of rotatable bonds is 7. The van der Waals surface area contributed by atoms with Gasteiger partial charge in [-0.1, -0.05) is 54.6 Å². The molecule has 1 aliphatic rings. The average molecular weight is 436 g/mol. The average Bonchev–Trinajstić information content (AvgIpc) is 3.22. The molecule has 0 bridgehead atoms. The Bertz CT molecular complexity index is 1060. The Labute approximate surface area is 189 Å². The third kappa shape index (κ3) is 4.94. The number of ether oxygens (including phenoxy) is 1. The minimum absolute atomic E-state index is 0.306. The molecule has 0 spiro atoms. The topological polar surface area (TPSA) is 38.3 Å². The van der Waals surface area contributed by atoms with Crippen molar-refractivity contribution < 1.29 is 9.53 Å². The second-order valence-electron chi connectivity index (χ2n) is 9.12. The molecule has 0 aliphatic heterocycles. The van der Waals surface area contributed by atoms with Gasteiger partial charge in [-0.2, -0.15) is 0 Å². The number of hydrogen-bond acceptors (Lipinski definition) is 3. The SMILES string of the molecule is C[C@@H](N[C@H]1CC[C@@H](c2ccc(OC(C)(C)C(=O)Cl)cc2)C1)c1cccc2ccccc12. The van der Waals surface area contributed by atoms with Crippen molar-refractivity contribution >= 4 is 27.6 Å². The molecule has 3 atom stereocenters. The van der Waals surface area contributed by atoms with Gasteiger partial charge in [-0.05, 0) is 91.6 Å². The van der Waals surface area contributed by atoms with Crippen LogP contribution < -0.4 is 10.1 Å². The maximum absolute atomic E-state index is 11.5. The van der Waals surface area contributed by atoms with E-state index in [4.69, 9.17) is 16.3 Å². The Morgan fingerprint density at radius 1 is 1.03 bits per heavy atom. The quantitative estimate of drug-likeness (QED) is 0.417. The summed E-state index contributed by atoms with van der Waals surface area (Å²) in [6.45, 7) is 5.63. The van der Waals surface area contributed by atoms with Crippen LogP contribution in [0.5, 0.6) is 5.75 Å². The number of halogens is 1. The van der Waals surface area contributed by atoms with Crippen LogP contribution in [-0.2, 0) is 4.79 Å². The van der Waals surface area contributed by atoms with E-state index in [-0.39, 0.29) is 0 Å². The van der Waals surface area contributed by atoms with Crippen LogP contribution in [0.15, 0.2) is 66.7 Å². The molecule has 3 nitrogen and oxygen atoms in total. The fourth-order valence-corrected chi connectivity index (χ4v) is 4.69. The molecule has 162 valence electrons. The van der Waals surface area contributed by atoms with Gasteiger partial charge in [-0.25, -0.2) is 0 Å². The molecule has 1 saturated carbocycles. The van der Waals surface area contributed by atoms with E-state index in [1.54, 1.807) is 13.8 Å². The molecule has 0 amide bonds. The van der Waals surface area contributed by atoms with Crippen LogP contribution in [0.3, 0.4) is 0 Å². The van der Waals surface area contributed by atoms with E-state index >= 15 is 0 Å².